The highest BCUT2D eigenvalue weighted by Gasteiger charge is 2.17. The van der Waals surface area contributed by atoms with Crippen molar-refractivity contribution in [3.63, 3.8) is 0 Å². The molecule has 1 aromatic heterocycles. The Hall–Kier alpha value is -2.12. The van der Waals surface area contributed by atoms with Crippen LogP contribution in [0.25, 0.3) is 0 Å². The van der Waals surface area contributed by atoms with Gasteiger partial charge in [-0.1, -0.05) is 6.07 Å². The average molecular weight is 294 g/mol. The molecular weight excluding hydrogens is 280 g/mol. The number of aryl methyl sites for hydroxylation is 2. The largest absolute Gasteiger partial charge is 0.438 e. The molecule has 2 rings (SSSR count). The number of primary sulfonamides is 1. The maximum atomic E-state index is 11.9. The van der Waals surface area contributed by atoms with E-state index in [-0.39, 0.29) is 5.76 Å². The van der Waals surface area contributed by atoms with E-state index in [1.807, 2.05) is 26.0 Å². The molecule has 0 fully saturated rings. The minimum atomic E-state index is -3.95. The van der Waals surface area contributed by atoms with Gasteiger partial charge in [-0.3, -0.25) is 4.79 Å². The van der Waals surface area contributed by atoms with Crippen LogP contribution in [-0.2, 0) is 10.0 Å². The van der Waals surface area contributed by atoms with Gasteiger partial charge in [0.25, 0.3) is 15.9 Å². The highest BCUT2D eigenvalue weighted by Crippen LogP contribution is 2.17. The van der Waals surface area contributed by atoms with Crippen molar-refractivity contribution in [3.05, 3.63) is 47.2 Å². The van der Waals surface area contributed by atoms with E-state index in [4.69, 9.17) is 9.56 Å². The highest BCUT2D eigenvalue weighted by molar-refractivity contribution is 7.89. The summed E-state index contributed by atoms with van der Waals surface area (Å²) >= 11 is 0. The van der Waals surface area contributed by atoms with E-state index in [1.54, 1.807) is 6.07 Å². The molecule has 20 heavy (non-hydrogen) atoms. The van der Waals surface area contributed by atoms with E-state index >= 15 is 0 Å². The predicted molar refractivity (Wildman–Crippen MR) is 74.0 cm³/mol. The number of nitrogens with one attached hydrogen (secondary N) is 1. The average Bonchev–Trinajstić information content (AvgIpc) is 2.83. The van der Waals surface area contributed by atoms with Gasteiger partial charge in [0.15, 0.2) is 5.76 Å². The number of hydrogen-bond acceptors (Lipinski definition) is 4. The first-order valence-corrected chi connectivity index (χ1v) is 7.33. The number of nitrogens with two attached hydrogens (primary N) is 1. The zero-order chi connectivity index (χ0) is 14.9. The fourth-order valence-electron chi connectivity index (χ4n) is 1.61. The Morgan fingerprint density at radius 3 is 2.40 bits per heavy atom. The topological polar surface area (TPSA) is 102 Å². The summed E-state index contributed by atoms with van der Waals surface area (Å²) in [6, 6.07) is 7.85. The van der Waals surface area contributed by atoms with E-state index in [0.717, 1.165) is 17.2 Å². The zero-order valence-corrected chi connectivity index (χ0v) is 11.8. The Labute approximate surface area is 116 Å². The van der Waals surface area contributed by atoms with Gasteiger partial charge in [-0.2, -0.15) is 0 Å². The Morgan fingerprint density at radius 1 is 1.15 bits per heavy atom. The molecule has 0 aliphatic rings. The normalized spacial score (nSPS) is 11.3. The molecule has 0 atom stereocenters. The molecule has 3 N–H and O–H groups in total. The van der Waals surface area contributed by atoms with Gasteiger partial charge in [0.1, 0.15) is 0 Å². The second-order valence-corrected chi connectivity index (χ2v) is 5.91. The van der Waals surface area contributed by atoms with Crippen molar-refractivity contribution in [2.45, 2.75) is 18.9 Å². The first-order valence-electron chi connectivity index (χ1n) is 5.78. The minimum absolute atomic E-state index is 0.118. The maximum absolute atomic E-state index is 11.9. The molecule has 2 aromatic rings. The number of rotatable bonds is 3. The van der Waals surface area contributed by atoms with E-state index in [9.17, 15) is 13.2 Å². The third-order valence-corrected chi connectivity index (χ3v) is 3.63. The SMILES string of the molecule is Cc1ccc(NC(=O)c2ccc(S(N)(=O)=O)o2)cc1C. The number of anilines is 1. The third kappa shape index (κ3) is 3.06. The van der Waals surface area contributed by atoms with Crippen LogP contribution >= 0.6 is 0 Å². The van der Waals surface area contributed by atoms with Crippen molar-refractivity contribution in [1.29, 1.82) is 0 Å². The van der Waals surface area contributed by atoms with Crippen LogP contribution in [0.4, 0.5) is 5.69 Å². The first kappa shape index (κ1) is 14.3. The van der Waals surface area contributed by atoms with Crippen LogP contribution in [0.5, 0.6) is 0 Å². The second kappa shape index (κ2) is 5.10. The quantitative estimate of drug-likeness (QED) is 0.900. The van der Waals surface area contributed by atoms with Crippen molar-refractivity contribution >= 4 is 21.6 Å². The molecule has 0 aliphatic heterocycles. The monoisotopic (exact) mass is 294 g/mol. The van der Waals surface area contributed by atoms with E-state index in [1.165, 1.54) is 6.07 Å². The molecule has 0 saturated carbocycles. The summed E-state index contributed by atoms with van der Waals surface area (Å²) in [4.78, 5) is 11.9. The van der Waals surface area contributed by atoms with Gasteiger partial charge in [-0.15, -0.1) is 0 Å². The lowest BCUT2D eigenvalue weighted by Crippen LogP contribution is -2.12. The van der Waals surface area contributed by atoms with Crippen LogP contribution < -0.4 is 10.5 Å². The summed E-state index contributed by atoms with van der Waals surface area (Å²) in [6.45, 7) is 3.89. The van der Waals surface area contributed by atoms with Gasteiger partial charge >= 0.3 is 0 Å². The highest BCUT2D eigenvalue weighted by atomic mass is 32.2. The third-order valence-electron chi connectivity index (χ3n) is 2.85. The van der Waals surface area contributed by atoms with E-state index in [0.29, 0.717) is 5.69 Å². The fraction of sp³-hybridized carbons (Fsp3) is 0.154. The van der Waals surface area contributed by atoms with Crippen molar-refractivity contribution < 1.29 is 17.6 Å². The molecule has 0 aliphatic carbocycles. The van der Waals surface area contributed by atoms with Gasteiger partial charge in [0.05, 0.1) is 0 Å². The fourth-order valence-corrected chi connectivity index (χ4v) is 2.07. The minimum Gasteiger partial charge on any atom is -0.438 e. The van der Waals surface area contributed by atoms with Gasteiger partial charge in [0.2, 0.25) is 5.09 Å². The van der Waals surface area contributed by atoms with Crippen LogP contribution in [0.1, 0.15) is 21.7 Å². The Kier molecular flexibility index (Phi) is 3.65. The summed E-state index contributed by atoms with van der Waals surface area (Å²) in [7, 11) is -3.95. The molecule has 0 radical (unpaired) electrons. The number of benzene rings is 1. The summed E-state index contributed by atoms with van der Waals surface area (Å²) < 4.78 is 27.0. The molecule has 1 aromatic carbocycles. The molecule has 1 heterocycles. The molecule has 1 amide bonds. The summed E-state index contributed by atoms with van der Waals surface area (Å²) in [6.07, 6.45) is 0. The predicted octanol–water partition coefficient (Wildman–Crippen LogP) is 1.80. The number of sulfonamides is 1. The maximum Gasteiger partial charge on any atom is 0.291 e. The van der Waals surface area contributed by atoms with E-state index in [2.05, 4.69) is 5.32 Å². The van der Waals surface area contributed by atoms with Gasteiger partial charge in [0, 0.05) is 5.69 Å². The van der Waals surface area contributed by atoms with Crippen LogP contribution in [0.15, 0.2) is 39.8 Å². The van der Waals surface area contributed by atoms with Crippen LogP contribution in [0.3, 0.4) is 0 Å². The van der Waals surface area contributed by atoms with E-state index < -0.39 is 21.0 Å². The van der Waals surface area contributed by atoms with Gasteiger partial charge in [-0.05, 0) is 49.2 Å². The molecule has 0 spiro atoms. The lowest BCUT2D eigenvalue weighted by molar-refractivity contribution is 0.0991. The Balaban J connectivity index is 2.20. The molecular formula is C13H14N2O4S. The second-order valence-electron chi connectivity index (χ2n) is 4.42. The van der Waals surface area contributed by atoms with Crippen molar-refractivity contribution in [2.24, 2.45) is 5.14 Å². The zero-order valence-electron chi connectivity index (χ0n) is 11.0. The van der Waals surface area contributed by atoms with Crippen molar-refractivity contribution in [1.82, 2.24) is 0 Å². The molecule has 0 saturated heterocycles. The molecule has 106 valence electrons. The summed E-state index contributed by atoms with van der Waals surface area (Å²) in [5.41, 5.74) is 2.75. The number of amides is 1. The smallest absolute Gasteiger partial charge is 0.291 e. The first-order chi connectivity index (χ1) is 9.27. The van der Waals surface area contributed by atoms with Crippen LogP contribution in [-0.4, -0.2) is 14.3 Å². The van der Waals surface area contributed by atoms with Crippen LogP contribution in [0.2, 0.25) is 0 Å². The van der Waals surface area contributed by atoms with Gasteiger partial charge in [-0.25, -0.2) is 13.6 Å². The number of carbonyl (C=O) groups excluding carboxylic acids is 1. The molecule has 0 bridgehead atoms. The standard InChI is InChI=1S/C13H14N2O4S/c1-8-3-4-10(7-9(8)2)15-13(16)11-5-6-12(19-11)20(14,17)18/h3-7H,1-2H3,(H,15,16)(H2,14,17,18). The molecule has 0 unspecified atom stereocenters. The lowest BCUT2D eigenvalue weighted by Gasteiger charge is -2.06. The lowest BCUT2D eigenvalue weighted by atomic mass is 10.1. The van der Waals surface area contributed by atoms with Crippen molar-refractivity contribution in [3.8, 4) is 0 Å². The molecule has 7 heteroatoms. The number of furan rings is 1. The molecule has 6 nitrogen and oxygen atoms in total. The number of hydrogen-bond donors (Lipinski definition) is 2. The number of carbonyl (C=O) groups is 1. The Morgan fingerprint density at radius 2 is 1.85 bits per heavy atom. The van der Waals surface area contributed by atoms with Gasteiger partial charge < -0.3 is 9.73 Å². The van der Waals surface area contributed by atoms with Crippen molar-refractivity contribution in [2.75, 3.05) is 5.32 Å². The Bertz CT molecular complexity index is 762. The van der Waals surface area contributed by atoms with Crippen LogP contribution in [0, 0.1) is 13.8 Å². The summed E-state index contributed by atoms with van der Waals surface area (Å²) in [5.74, 6) is -0.657. The summed E-state index contributed by atoms with van der Waals surface area (Å²) in [5, 5.41) is 7.09.